The monoisotopic (exact) mass is 459 g/mol. The van der Waals surface area contributed by atoms with Gasteiger partial charge < -0.3 is 15.4 Å². The lowest BCUT2D eigenvalue weighted by Crippen LogP contribution is -2.30. The van der Waals surface area contributed by atoms with E-state index in [0.29, 0.717) is 17.0 Å². The zero-order valence-electron chi connectivity index (χ0n) is 18.4. The smallest absolute Gasteiger partial charge is 0.329 e. The first-order valence-electron chi connectivity index (χ1n) is 10.6. The lowest BCUT2D eigenvalue weighted by molar-refractivity contribution is -0.123. The number of hydrogen-bond donors (Lipinski definition) is 2. The number of benzene rings is 3. The van der Waals surface area contributed by atoms with E-state index in [-0.39, 0.29) is 30.3 Å². The number of rotatable bonds is 7. The van der Waals surface area contributed by atoms with Crippen molar-refractivity contribution >= 4 is 29.6 Å². The van der Waals surface area contributed by atoms with Gasteiger partial charge in [-0.3, -0.25) is 14.5 Å². The molecule has 172 valence electrons. The van der Waals surface area contributed by atoms with Crippen LogP contribution in [0.3, 0.4) is 0 Å². The van der Waals surface area contributed by atoms with Crippen LogP contribution in [0.1, 0.15) is 16.7 Å². The molecule has 0 spiro atoms. The highest BCUT2D eigenvalue weighted by atomic mass is 19.1. The SMILES string of the molecule is Cc1ccc(NC(=O)COc2ccccc2/C=C2/NC(=O)N(Cc3ccccc3F)C2=O)cc1. The molecular weight excluding hydrogens is 437 g/mol. The Labute approximate surface area is 195 Å². The molecule has 3 aromatic rings. The van der Waals surface area contributed by atoms with Crippen LogP contribution in [0.25, 0.3) is 6.08 Å². The second-order valence-corrected chi connectivity index (χ2v) is 7.71. The van der Waals surface area contributed by atoms with Crippen molar-refractivity contribution in [3.63, 3.8) is 0 Å². The van der Waals surface area contributed by atoms with E-state index in [9.17, 15) is 18.8 Å². The Morgan fingerprint density at radius 2 is 1.74 bits per heavy atom. The van der Waals surface area contributed by atoms with Gasteiger partial charge in [0, 0.05) is 16.8 Å². The molecule has 1 saturated heterocycles. The Hall–Kier alpha value is -4.46. The van der Waals surface area contributed by atoms with Gasteiger partial charge in [-0.15, -0.1) is 0 Å². The Kier molecular flexibility index (Phi) is 6.68. The van der Waals surface area contributed by atoms with E-state index >= 15 is 0 Å². The van der Waals surface area contributed by atoms with Crippen molar-refractivity contribution in [2.45, 2.75) is 13.5 Å². The van der Waals surface area contributed by atoms with Crippen molar-refractivity contribution in [2.24, 2.45) is 0 Å². The standard InChI is InChI=1S/C26H22FN3O4/c1-17-10-12-20(13-11-17)28-24(31)16-34-23-9-5-3-6-18(23)14-22-25(32)30(26(33)29-22)15-19-7-2-4-8-21(19)27/h2-14H,15-16H2,1H3,(H,28,31)(H,29,33)/b22-14+. The number of anilines is 1. The highest BCUT2D eigenvalue weighted by molar-refractivity contribution is 6.14. The van der Waals surface area contributed by atoms with E-state index in [1.165, 1.54) is 24.3 Å². The molecule has 2 N–H and O–H groups in total. The van der Waals surface area contributed by atoms with Crippen LogP contribution in [-0.2, 0) is 16.1 Å². The van der Waals surface area contributed by atoms with Gasteiger partial charge in [0.15, 0.2) is 6.61 Å². The number of imide groups is 1. The summed E-state index contributed by atoms with van der Waals surface area (Å²) >= 11 is 0. The Morgan fingerprint density at radius 1 is 1.03 bits per heavy atom. The van der Waals surface area contributed by atoms with Gasteiger partial charge in [-0.05, 0) is 37.3 Å². The van der Waals surface area contributed by atoms with Crippen LogP contribution in [0, 0.1) is 12.7 Å². The third kappa shape index (κ3) is 5.29. The molecule has 0 aliphatic carbocycles. The number of nitrogens with one attached hydrogen (secondary N) is 2. The first kappa shape index (κ1) is 22.7. The average Bonchev–Trinajstić information content (AvgIpc) is 3.08. The number of carbonyl (C=O) groups excluding carboxylic acids is 3. The predicted octanol–water partition coefficient (Wildman–Crippen LogP) is 4.24. The van der Waals surface area contributed by atoms with Gasteiger partial charge in [-0.2, -0.15) is 0 Å². The van der Waals surface area contributed by atoms with Crippen molar-refractivity contribution < 1.29 is 23.5 Å². The van der Waals surface area contributed by atoms with Gasteiger partial charge in [0.05, 0.1) is 6.54 Å². The first-order chi connectivity index (χ1) is 16.4. The normalized spacial score (nSPS) is 14.3. The fourth-order valence-electron chi connectivity index (χ4n) is 3.38. The number of para-hydroxylation sites is 1. The molecule has 1 aliphatic heterocycles. The molecule has 1 fully saturated rings. The molecule has 0 atom stereocenters. The summed E-state index contributed by atoms with van der Waals surface area (Å²) in [7, 11) is 0. The quantitative estimate of drug-likeness (QED) is 0.409. The van der Waals surface area contributed by atoms with E-state index in [4.69, 9.17) is 4.74 Å². The molecule has 8 heteroatoms. The fourth-order valence-corrected chi connectivity index (χ4v) is 3.38. The van der Waals surface area contributed by atoms with Crippen LogP contribution >= 0.6 is 0 Å². The summed E-state index contributed by atoms with van der Waals surface area (Å²) in [4.78, 5) is 38.3. The first-order valence-corrected chi connectivity index (χ1v) is 10.6. The Balaban J connectivity index is 1.44. The van der Waals surface area contributed by atoms with Crippen LogP contribution in [0.15, 0.2) is 78.5 Å². The molecular formula is C26H22FN3O4. The lowest BCUT2D eigenvalue weighted by atomic mass is 10.1. The average molecular weight is 459 g/mol. The summed E-state index contributed by atoms with van der Waals surface area (Å²) in [6.45, 7) is 1.52. The molecule has 4 rings (SSSR count). The number of aryl methyl sites for hydroxylation is 1. The van der Waals surface area contributed by atoms with Crippen LogP contribution in [0.4, 0.5) is 14.9 Å². The third-order valence-electron chi connectivity index (χ3n) is 5.16. The Morgan fingerprint density at radius 3 is 2.50 bits per heavy atom. The minimum absolute atomic E-state index is 0.0292. The number of ether oxygens (including phenoxy) is 1. The molecule has 0 aromatic heterocycles. The highest BCUT2D eigenvalue weighted by Crippen LogP contribution is 2.24. The minimum Gasteiger partial charge on any atom is -0.483 e. The van der Waals surface area contributed by atoms with Gasteiger partial charge >= 0.3 is 6.03 Å². The van der Waals surface area contributed by atoms with Gasteiger partial charge in [0.25, 0.3) is 11.8 Å². The maximum absolute atomic E-state index is 14.0. The fraction of sp³-hybridized carbons (Fsp3) is 0.115. The lowest BCUT2D eigenvalue weighted by Gasteiger charge is -2.12. The molecule has 34 heavy (non-hydrogen) atoms. The zero-order chi connectivity index (χ0) is 24.1. The van der Waals surface area contributed by atoms with Gasteiger partial charge in [0.1, 0.15) is 17.3 Å². The molecule has 0 bridgehead atoms. The van der Waals surface area contributed by atoms with E-state index in [2.05, 4.69) is 10.6 Å². The number of halogens is 1. The van der Waals surface area contributed by atoms with Crippen molar-refractivity contribution in [3.05, 3.63) is 101 Å². The van der Waals surface area contributed by atoms with Gasteiger partial charge in [-0.25, -0.2) is 9.18 Å². The largest absolute Gasteiger partial charge is 0.483 e. The third-order valence-corrected chi connectivity index (χ3v) is 5.16. The van der Waals surface area contributed by atoms with E-state index in [0.717, 1.165) is 10.5 Å². The summed E-state index contributed by atoms with van der Waals surface area (Å²) < 4.78 is 19.6. The summed E-state index contributed by atoms with van der Waals surface area (Å²) in [5, 5.41) is 5.26. The molecule has 0 radical (unpaired) electrons. The van der Waals surface area contributed by atoms with Crippen molar-refractivity contribution in [2.75, 3.05) is 11.9 Å². The number of urea groups is 1. The maximum atomic E-state index is 14.0. The maximum Gasteiger partial charge on any atom is 0.329 e. The summed E-state index contributed by atoms with van der Waals surface area (Å²) in [6.07, 6.45) is 1.47. The van der Waals surface area contributed by atoms with E-state index in [1.807, 2.05) is 19.1 Å². The van der Waals surface area contributed by atoms with Crippen LogP contribution in [0.2, 0.25) is 0 Å². The van der Waals surface area contributed by atoms with E-state index < -0.39 is 17.8 Å². The molecule has 0 saturated carbocycles. The highest BCUT2D eigenvalue weighted by Gasteiger charge is 2.34. The number of hydrogen-bond acceptors (Lipinski definition) is 4. The Bertz CT molecular complexity index is 1270. The van der Waals surface area contributed by atoms with E-state index in [1.54, 1.807) is 42.5 Å². The van der Waals surface area contributed by atoms with Crippen LogP contribution in [0.5, 0.6) is 5.75 Å². The topological polar surface area (TPSA) is 87.7 Å². The summed E-state index contributed by atoms with van der Waals surface area (Å²) in [5.41, 5.74) is 2.50. The number of amides is 4. The molecule has 3 aromatic carbocycles. The number of carbonyl (C=O) groups is 3. The van der Waals surface area contributed by atoms with Crippen molar-refractivity contribution in [1.29, 1.82) is 0 Å². The van der Waals surface area contributed by atoms with Gasteiger partial charge in [0.2, 0.25) is 0 Å². The minimum atomic E-state index is -0.643. The molecule has 1 aliphatic rings. The predicted molar refractivity (Wildman–Crippen MR) is 125 cm³/mol. The second-order valence-electron chi connectivity index (χ2n) is 7.71. The number of nitrogens with zero attached hydrogens (tertiary/aromatic N) is 1. The van der Waals surface area contributed by atoms with Crippen molar-refractivity contribution in [1.82, 2.24) is 10.2 Å². The molecule has 7 nitrogen and oxygen atoms in total. The molecule has 1 heterocycles. The van der Waals surface area contributed by atoms with Crippen LogP contribution in [-0.4, -0.2) is 29.4 Å². The molecule has 4 amide bonds. The van der Waals surface area contributed by atoms with Gasteiger partial charge in [-0.1, -0.05) is 54.1 Å². The second kappa shape index (κ2) is 9.99. The molecule has 0 unspecified atom stereocenters. The zero-order valence-corrected chi connectivity index (χ0v) is 18.4. The summed E-state index contributed by atoms with van der Waals surface area (Å²) in [6, 6.07) is 19.5. The van der Waals surface area contributed by atoms with Crippen LogP contribution < -0.4 is 15.4 Å². The summed E-state index contributed by atoms with van der Waals surface area (Å²) in [5.74, 6) is -1.06. The van der Waals surface area contributed by atoms with Crippen molar-refractivity contribution in [3.8, 4) is 5.75 Å².